The molecule has 6 heteroatoms. The van der Waals surface area contributed by atoms with Gasteiger partial charge in [0.2, 0.25) is 11.8 Å². The second-order valence-corrected chi connectivity index (χ2v) is 11.1. The van der Waals surface area contributed by atoms with Gasteiger partial charge in [-0.2, -0.15) is 0 Å². The lowest BCUT2D eigenvalue weighted by atomic mass is 9.49. The highest BCUT2D eigenvalue weighted by atomic mass is 16.6. The molecule has 1 aromatic rings. The molecule has 0 aromatic heterocycles. The first-order valence-corrected chi connectivity index (χ1v) is 12.3. The fourth-order valence-corrected chi connectivity index (χ4v) is 6.98. The molecule has 6 nitrogen and oxygen atoms in total. The van der Waals surface area contributed by atoms with E-state index in [0.717, 1.165) is 25.0 Å². The highest BCUT2D eigenvalue weighted by Crippen LogP contribution is 2.60. The molecular weight excluding hydrogens is 404 g/mol. The van der Waals surface area contributed by atoms with Crippen LogP contribution in [0.3, 0.4) is 0 Å². The number of carbonyl (C=O) groups excluding carboxylic acids is 2. The summed E-state index contributed by atoms with van der Waals surface area (Å²) in [5.74, 6) is 3.63. The van der Waals surface area contributed by atoms with Crippen molar-refractivity contribution in [2.45, 2.75) is 64.5 Å². The normalized spacial score (nSPS) is 33.1. The van der Waals surface area contributed by atoms with E-state index in [0.29, 0.717) is 36.7 Å². The van der Waals surface area contributed by atoms with Crippen molar-refractivity contribution in [3.05, 3.63) is 24.3 Å². The first-order chi connectivity index (χ1) is 15.3. The number of nitrogens with one attached hydrogen (secondary N) is 1. The van der Waals surface area contributed by atoms with Crippen molar-refractivity contribution in [2.75, 3.05) is 20.2 Å². The number of hydrogen-bond acceptors (Lipinski definition) is 4. The molecule has 0 saturated heterocycles. The maximum absolute atomic E-state index is 13.5. The number of likely N-dealkylation sites (N-methyl/N-ethyl adjacent to an activating group) is 1. The van der Waals surface area contributed by atoms with E-state index in [4.69, 9.17) is 9.47 Å². The minimum absolute atomic E-state index is 0.0204. The Hall–Kier alpha value is -2.24. The average Bonchev–Trinajstić information content (AvgIpc) is 2.75. The maximum atomic E-state index is 13.5. The molecule has 6 rings (SSSR count). The highest BCUT2D eigenvalue weighted by Gasteiger charge is 2.55. The van der Waals surface area contributed by atoms with Crippen LogP contribution in [-0.2, 0) is 9.59 Å². The SMILES string of the molecule is CC(C)[C@H](NC(=O)C12CC3CC(CC(C3)C1)C2)C(=O)N(C)C[C@@H]1COc2ccccc2O1. The van der Waals surface area contributed by atoms with E-state index in [-0.39, 0.29) is 29.3 Å². The number of para-hydroxylation sites is 2. The Morgan fingerprint density at radius 2 is 1.66 bits per heavy atom. The van der Waals surface area contributed by atoms with Gasteiger partial charge in [0.05, 0.1) is 6.54 Å². The monoisotopic (exact) mass is 440 g/mol. The van der Waals surface area contributed by atoms with E-state index in [1.54, 1.807) is 11.9 Å². The first kappa shape index (κ1) is 21.6. The van der Waals surface area contributed by atoms with Crippen LogP contribution in [0.2, 0.25) is 0 Å². The van der Waals surface area contributed by atoms with Crippen molar-refractivity contribution in [3.8, 4) is 11.5 Å². The number of nitrogens with zero attached hydrogens (tertiary/aromatic N) is 1. The second-order valence-electron chi connectivity index (χ2n) is 11.1. The third kappa shape index (κ3) is 3.97. The summed E-state index contributed by atoms with van der Waals surface area (Å²) in [6.45, 7) is 4.84. The summed E-state index contributed by atoms with van der Waals surface area (Å²) < 4.78 is 11.8. The summed E-state index contributed by atoms with van der Waals surface area (Å²) in [4.78, 5) is 28.6. The molecule has 4 aliphatic carbocycles. The molecule has 2 amide bonds. The van der Waals surface area contributed by atoms with Crippen LogP contribution in [0.15, 0.2) is 24.3 Å². The molecule has 32 heavy (non-hydrogen) atoms. The van der Waals surface area contributed by atoms with Gasteiger partial charge < -0.3 is 19.7 Å². The molecule has 174 valence electrons. The van der Waals surface area contributed by atoms with Crippen molar-refractivity contribution >= 4 is 11.8 Å². The lowest BCUT2D eigenvalue weighted by Gasteiger charge is -2.56. The van der Waals surface area contributed by atoms with E-state index in [1.807, 2.05) is 38.1 Å². The van der Waals surface area contributed by atoms with E-state index >= 15 is 0 Å². The van der Waals surface area contributed by atoms with Crippen LogP contribution in [0.4, 0.5) is 0 Å². The Morgan fingerprint density at radius 1 is 1.06 bits per heavy atom. The molecule has 0 unspecified atom stereocenters. The van der Waals surface area contributed by atoms with Crippen molar-refractivity contribution in [1.82, 2.24) is 10.2 Å². The maximum Gasteiger partial charge on any atom is 0.245 e. The van der Waals surface area contributed by atoms with Crippen LogP contribution in [0.5, 0.6) is 11.5 Å². The van der Waals surface area contributed by atoms with Gasteiger partial charge in [-0.15, -0.1) is 0 Å². The van der Waals surface area contributed by atoms with Crippen LogP contribution in [0.25, 0.3) is 0 Å². The number of benzene rings is 1. The van der Waals surface area contributed by atoms with Crippen molar-refractivity contribution in [2.24, 2.45) is 29.1 Å². The Bertz CT molecular complexity index is 847. The topological polar surface area (TPSA) is 67.9 Å². The fraction of sp³-hybridized carbons (Fsp3) is 0.692. The van der Waals surface area contributed by atoms with Crippen molar-refractivity contribution < 1.29 is 19.1 Å². The van der Waals surface area contributed by atoms with Crippen molar-refractivity contribution in [3.63, 3.8) is 0 Å². The molecule has 4 fully saturated rings. The molecular formula is C26H36N2O4. The second kappa shape index (κ2) is 8.27. The Kier molecular flexibility index (Phi) is 5.58. The zero-order valence-corrected chi connectivity index (χ0v) is 19.5. The van der Waals surface area contributed by atoms with Crippen LogP contribution < -0.4 is 14.8 Å². The minimum Gasteiger partial charge on any atom is -0.486 e. The largest absolute Gasteiger partial charge is 0.486 e. The summed E-state index contributed by atoms with van der Waals surface area (Å²) in [6, 6.07) is 7.07. The van der Waals surface area contributed by atoms with Gasteiger partial charge in [-0.1, -0.05) is 26.0 Å². The number of ether oxygens (including phenoxy) is 2. The van der Waals surface area contributed by atoms with E-state index < -0.39 is 6.04 Å². The molecule has 5 aliphatic rings. The summed E-state index contributed by atoms with van der Waals surface area (Å²) in [7, 11) is 1.79. The van der Waals surface area contributed by atoms with E-state index in [2.05, 4.69) is 5.32 Å². The minimum atomic E-state index is -0.516. The third-order valence-corrected chi connectivity index (χ3v) is 8.16. The lowest BCUT2D eigenvalue weighted by molar-refractivity contribution is -0.150. The predicted octanol–water partition coefficient (Wildman–Crippen LogP) is 3.64. The van der Waals surface area contributed by atoms with Crippen LogP contribution >= 0.6 is 0 Å². The molecule has 1 N–H and O–H groups in total. The zero-order valence-electron chi connectivity index (χ0n) is 19.5. The quantitative estimate of drug-likeness (QED) is 0.733. The summed E-state index contributed by atoms with van der Waals surface area (Å²) in [5, 5.41) is 3.20. The molecule has 0 radical (unpaired) electrons. The standard InChI is InChI=1S/C26H36N2O4/c1-16(2)23(27-25(30)26-11-17-8-18(12-26)10-19(9-17)13-26)24(29)28(3)14-20-15-31-21-6-4-5-7-22(21)32-20/h4-7,16-20,23H,8-15H2,1-3H3,(H,27,30)/t17?,18?,19?,20-,23+,26?/m1/s1. The number of fused-ring (bicyclic) bond motifs is 1. The van der Waals surface area contributed by atoms with Crippen LogP contribution in [-0.4, -0.2) is 49.1 Å². The fourth-order valence-electron chi connectivity index (χ4n) is 6.98. The van der Waals surface area contributed by atoms with Gasteiger partial charge in [-0.25, -0.2) is 0 Å². The predicted molar refractivity (Wildman–Crippen MR) is 121 cm³/mol. The molecule has 1 aliphatic heterocycles. The first-order valence-electron chi connectivity index (χ1n) is 12.3. The highest BCUT2D eigenvalue weighted by molar-refractivity contribution is 5.90. The molecule has 0 spiro atoms. The van der Waals surface area contributed by atoms with E-state index in [9.17, 15) is 9.59 Å². The van der Waals surface area contributed by atoms with Gasteiger partial charge in [0.1, 0.15) is 12.6 Å². The van der Waals surface area contributed by atoms with Crippen molar-refractivity contribution in [1.29, 1.82) is 0 Å². The molecule has 2 atom stereocenters. The van der Waals surface area contributed by atoms with Gasteiger partial charge in [-0.05, 0) is 74.3 Å². The zero-order chi connectivity index (χ0) is 22.5. The van der Waals surface area contributed by atoms with Gasteiger partial charge in [0.15, 0.2) is 17.6 Å². The molecule has 1 heterocycles. The lowest BCUT2D eigenvalue weighted by Crippen LogP contribution is -2.59. The van der Waals surface area contributed by atoms with Crippen LogP contribution in [0.1, 0.15) is 52.4 Å². The molecule has 4 saturated carbocycles. The summed E-state index contributed by atoms with van der Waals surface area (Å²) >= 11 is 0. The Morgan fingerprint density at radius 3 is 2.25 bits per heavy atom. The number of rotatable bonds is 6. The number of amides is 2. The number of hydrogen-bond donors (Lipinski definition) is 1. The molecule has 4 bridgehead atoms. The Balaban J connectivity index is 1.23. The summed E-state index contributed by atoms with van der Waals surface area (Å²) in [6.07, 6.45) is 6.69. The average molecular weight is 441 g/mol. The molecule has 1 aromatic carbocycles. The van der Waals surface area contributed by atoms with E-state index in [1.165, 1.54) is 19.3 Å². The summed E-state index contributed by atoms with van der Waals surface area (Å²) in [5.41, 5.74) is -0.245. The van der Waals surface area contributed by atoms with Gasteiger partial charge in [0, 0.05) is 12.5 Å². The van der Waals surface area contributed by atoms with Gasteiger partial charge in [0.25, 0.3) is 0 Å². The number of carbonyl (C=O) groups is 2. The van der Waals surface area contributed by atoms with Gasteiger partial charge in [-0.3, -0.25) is 9.59 Å². The Labute approximate surface area is 191 Å². The smallest absolute Gasteiger partial charge is 0.245 e. The van der Waals surface area contributed by atoms with Gasteiger partial charge >= 0.3 is 0 Å². The van der Waals surface area contributed by atoms with Crippen LogP contribution in [0, 0.1) is 29.1 Å². The third-order valence-electron chi connectivity index (χ3n) is 8.16.